The van der Waals surface area contributed by atoms with Crippen molar-refractivity contribution in [2.24, 2.45) is 0 Å². The van der Waals surface area contributed by atoms with Crippen molar-refractivity contribution >= 4 is 17.6 Å². The van der Waals surface area contributed by atoms with Gasteiger partial charge in [-0.1, -0.05) is 0 Å². The maximum atomic E-state index is 11.0. The van der Waals surface area contributed by atoms with Crippen LogP contribution < -0.4 is 4.90 Å². The molecule has 0 bridgehead atoms. The number of hydrogen-bond acceptors (Lipinski definition) is 3. The summed E-state index contributed by atoms with van der Waals surface area (Å²) >= 11 is 0. The molecule has 1 heterocycles. The van der Waals surface area contributed by atoms with Gasteiger partial charge >= 0.3 is 11.9 Å². The summed E-state index contributed by atoms with van der Waals surface area (Å²) in [7, 11) is 0. The predicted molar refractivity (Wildman–Crippen MR) is 66.4 cm³/mol. The second-order valence-corrected chi connectivity index (χ2v) is 4.43. The number of carboxylic acid groups (broad SMARTS) is 2. The monoisotopic (exact) mass is 249 g/mol. The van der Waals surface area contributed by atoms with Crippen molar-refractivity contribution in [2.75, 3.05) is 18.0 Å². The fourth-order valence-corrected chi connectivity index (χ4v) is 2.19. The van der Waals surface area contributed by atoms with Gasteiger partial charge in [0.15, 0.2) is 0 Å². The van der Waals surface area contributed by atoms with Crippen molar-refractivity contribution in [2.45, 2.75) is 19.3 Å². The second-order valence-electron chi connectivity index (χ2n) is 4.43. The van der Waals surface area contributed by atoms with Crippen molar-refractivity contribution in [1.82, 2.24) is 0 Å². The topological polar surface area (TPSA) is 77.8 Å². The Kier molecular flexibility index (Phi) is 3.50. The van der Waals surface area contributed by atoms with Crippen LogP contribution in [0.4, 0.5) is 5.69 Å². The highest BCUT2D eigenvalue weighted by Crippen LogP contribution is 2.23. The van der Waals surface area contributed by atoms with E-state index in [0.29, 0.717) is 5.69 Å². The molecule has 0 amide bonds. The zero-order valence-electron chi connectivity index (χ0n) is 9.93. The van der Waals surface area contributed by atoms with Crippen molar-refractivity contribution in [3.63, 3.8) is 0 Å². The Balaban J connectivity index is 2.38. The third kappa shape index (κ3) is 2.61. The molecule has 5 heteroatoms. The fraction of sp³-hybridized carbons (Fsp3) is 0.385. The van der Waals surface area contributed by atoms with E-state index in [1.807, 2.05) is 4.90 Å². The quantitative estimate of drug-likeness (QED) is 0.857. The van der Waals surface area contributed by atoms with Gasteiger partial charge in [0, 0.05) is 18.8 Å². The van der Waals surface area contributed by atoms with E-state index in [9.17, 15) is 9.59 Å². The van der Waals surface area contributed by atoms with Crippen molar-refractivity contribution in [3.8, 4) is 0 Å². The number of rotatable bonds is 3. The van der Waals surface area contributed by atoms with Gasteiger partial charge in [-0.05, 0) is 37.5 Å². The summed E-state index contributed by atoms with van der Waals surface area (Å²) in [6.45, 7) is 1.70. The van der Waals surface area contributed by atoms with Gasteiger partial charge in [-0.15, -0.1) is 0 Å². The van der Waals surface area contributed by atoms with Crippen molar-refractivity contribution in [3.05, 3.63) is 29.3 Å². The minimum Gasteiger partial charge on any atom is -0.478 e. The molecule has 0 spiro atoms. The number of hydrogen-bond donors (Lipinski definition) is 2. The molecule has 0 radical (unpaired) electrons. The van der Waals surface area contributed by atoms with E-state index < -0.39 is 11.9 Å². The molecule has 0 aliphatic carbocycles. The normalized spacial score (nSPS) is 15.4. The predicted octanol–water partition coefficient (Wildman–Crippen LogP) is 2.07. The third-order valence-electron chi connectivity index (χ3n) is 3.13. The summed E-state index contributed by atoms with van der Waals surface area (Å²) in [6.07, 6.45) is 3.28. The molecule has 2 N–H and O–H groups in total. The number of benzene rings is 1. The van der Waals surface area contributed by atoms with Crippen LogP contribution in [0.5, 0.6) is 0 Å². The molecule has 18 heavy (non-hydrogen) atoms. The standard InChI is InChI=1S/C13H15NO4/c15-12(16)9-6-10(13(17)18)8-11(7-9)14-4-2-1-3-5-14/h6-8H,1-5H2,(H,15,16)(H,17,18). The lowest BCUT2D eigenvalue weighted by Gasteiger charge is -2.29. The number of anilines is 1. The summed E-state index contributed by atoms with van der Waals surface area (Å²) in [6, 6.07) is 4.28. The minimum atomic E-state index is -1.10. The molecule has 1 aromatic carbocycles. The molecule has 96 valence electrons. The lowest BCUT2D eigenvalue weighted by molar-refractivity contribution is 0.0696. The molecular weight excluding hydrogens is 234 g/mol. The highest BCUT2D eigenvalue weighted by molar-refractivity contribution is 5.95. The molecule has 1 aliphatic heterocycles. The zero-order valence-corrected chi connectivity index (χ0v) is 9.93. The maximum Gasteiger partial charge on any atom is 0.335 e. The lowest BCUT2D eigenvalue weighted by atomic mass is 10.1. The first-order valence-corrected chi connectivity index (χ1v) is 5.94. The van der Waals surface area contributed by atoms with E-state index in [-0.39, 0.29) is 11.1 Å². The smallest absolute Gasteiger partial charge is 0.335 e. The van der Waals surface area contributed by atoms with Gasteiger partial charge in [0.1, 0.15) is 0 Å². The van der Waals surface area contributed by atoms with Crippen LogP contribution in [-0.4, -0.2) is 35.2 Å². The largest absolute Gasteiger partial charge is 0.478 e. The highest BCUT2D eigenvalue weighted by atomic mass is 16.4. The van der Waals surface area contributed by atoms with Gasteiger partial charge in [0.25, 0.3) is 0 Å². The van der Waals surface area contributed by atoms with E-state index in [0.717, 1.165) is 25.9 Å². The molecule has 1 fully saturated rings. The summed E-state index contributed by atoms with van der Waals surface area (Å²) < 4.78 is 0. The average molecular weight is 249 g/mol. The van der Waals surface area contributed by atoms with Gasteiger partial charge in [-0.25, -0.2) is 9.59 Å². The number of piperidine rings is 1. The first kappa shape index (κ1) is 12.4. The Morgan fingerprint density at radius 2 is 1.39 bits per heavy atom. The van der Waals surface area contributed by atoms with Crippen LogP contribution in [0.3, 0.4) is 0 Å². The van der Waals surface area contributed by atoms with Gasteiger partial charge < -0.3 is 15.1 Å². The summed E-state index contributed by atoms with van der Waals surface area (Å²) in [4.78, 5) is 24.0. The van der Waals surface area contributed by atoms with Crippen molar-refractivity contribution in [1.29, 1.82) is 0 Å². The van der Waals surface area contributed by atoms with E-state index in [2.05, 4.69) is 0 Å². The zero-order chi connectivity index (χ0) is 13.1. The Hall–Kier alpha value is -2.04. The number of carboxylic acids is 2. The van der Waals surface area contributed by atoms with Gasteiger partial charge in [0.05, 0.1) is 11.1 Å². The van der Waals surface area contributed by atoms with Crippen LogP contribution in [-0.2, 0) is 0 Å². The Bertz CT molecular complexity index is 446. The van der Waals surface area contributed by atoms with Crippen LogP contribution >= 0.6 is 0 Å². The molecule has 2 rings (SSSR count). The van der Waals surface area contributed by atoms with E-state index in [1.165, 1.54) is 12.5 Å². The molecule has 1 aromatic rings. The number of aromatic carboxylic acids is 2. The van der Waals surface area contributed by atoms with Crippen LogP contribution in [0.2, 0.25) is 0 Å². The summed E-state index contributed by atoms with van der Waals surface area (Å²) in [5.74, 6) is -2.20. The van der Waals surface area contributed by atoms with Crippen LogP contribution in [0, 0.1) is 0 Å². The number of nitrogens with zero attached hydrogens (tertiary/aromatic N) is 1. The van der Waals surface area contributed by atoms with E-state index in [4.69, 9.17) is 10.2 Å². The van der Waals surface area contributed by atoms with Gasteiger partial charge in [0.2, 0.25) is 0 Å². The SMILES string of the molecule is O=C(O)c1cc(C(=O)O)cc(N2CCCCC2)c1. The lowest BCUT2D eigenvalue weighted by Crippen LogP contribution is -2.29. The van der Waals surface area contributed by atoms with Gasteiger partial charge in [-0.3, -0.25) is 0 Å². The molecule has 1 aliphatic rings. The number of carbonyl (C=O) groups is 2. The first-order chi connectivity index (χ1) is 8.58. The minimum absolute atomic E-state index is 0.0236. The molecule has 5 nitrogen and oxygen atoms in total. The van der Waals surface area contributed by atoms with Crippen molar-refractivity contribution < 1.29 is 19.8 Å². The fourth-order valence-electron chi connectivity index (χ4n) is 2.19. The van der Waals surface area contributed by atoms with E-state index in [1.54, 1.807) is 12.1 Å². The first-order valence-electron chi connectivity index (χ1n) is 5.94. The van der Waals surface area contributed by atoms with Crippen LogP contribution in [0.1, 0.15) is 40.0 Å². The molecule has 0 atom stereocenters. The molecular formula is C13H15NO4. The molecule has 0 aromatic heterocycles. The molecule has 0 saturated carbocycles. The van der Waals surface area contributed by atoms with Crippen LogP contribution in [0.15, 0.2) is 18.2 Å². The highest BCUT2D eigenvalue weighted by Gasteiger charge is 2.16. The average Bonchev–Trinajstić information content (AvgIpc) is 2.39. The van der Waals surface area contributed by atoms with E-state index >= 15 is 0 Å². The Morgan fingerprint density at radius 3 is 1.83 bits per heavy atom. The summed E-state index contributed by atoms with van der Waals surface area (Å²) in [5, 5.41) is 18.0. The maximum absolute atomic E-state index is 11.0. The van der Waals surface area contributed by atoms with Gasteiger partial charge in [-0.2, -0.15) is 0 Å². The third-order valence-corrected chi connectivity index (χ3v) is 3.13. The summed E-state index contributed by atoms with van der Waals surface area (Å²) in [5.41, 5.74) is 0.734. The second kappa shape index (κ2) is 5.08. The Labute approximate surface area is 105 Å². The van der Waals surface area contributed by atoms with Crippen LogP contribution in [0.25, 0.3) is 0 Å². The Morgan fingerprint density at radius 1 is 0.889 bits per heavy atom. The molecule has 0 unspecified atom stereocenters. The molecule has 1 saturated heterocycles.